The number of nitrogens with zero attached hydrogens (tertiary/aromatic N) is 1. The zero-order valence-electron chi connectivity index (χ0n) is 10.8. The third-order valence-corrected chi connectivity index (χ3v) is 3.44. The molecule has 0 N–H and O–H groups in total. The van der Waals surface area contributed by atoms with Crippen molar-refractivity contribution in [2.45, 2.75) is 39.2 Å². The molecule has 0 amide bonds. The van der Waals surface area contributed by atoms with E-state index in [2.05, 4.69) is 11.8 Å². The summed E-state index contributed by atoms with van der Waals surface area (Å²) in [5.74, 6) is 0.271. The van der Waals surface area contributed by atoms with Crippen LogP contribution in [0.4, 0.5) is 0 Å². The number of carbonyl (C=O) groups excluding carboxylic acids is 1. The Morgan fingerprint density at radius 1 is 1.41 bits per heavy atom. The van der Waals surface area contributed by atoms with Gasteiger partial charge in [0, 0.05) is 24.6 Å². The predicted molar refractivity (Wildman–Crippen MR) is 70.4 cm³/mol. The van der Waals surface area contributed by atoms with Crippen molar-refractivity contribution in [3.8, 4) is 0 Å². The molecule has 2 heteroatoms. The number of benzene rings is 1. The average molecular weight is 231 g/mol. The van der Waals surface area contributed by atoms with E-state index in [9.17, 15) is 4.79 Å². The number of hydrogen-bond acceptors (Lipinski definition) is 2. The molecule has 1 aromatic rings. The lowest BCUT2D eigenvalue weighted by molar-refractivity contribution is 0.0963. The Balaban J connectivity index is 1.88. The highest BCUT2D eigenvalue weighted by atomic mass is 16.1. The molecule has 1 saturated carbocycles. The molecule has 1 aliphatic rings. The van der Waals surface area contributed by atoms with Crippen molar-refractivity contribution in [1.82, 2.24) is 4.90 Å². The summed E-state index contributed by atoms with van der Waals surface area (Å²) in [4.78, 5) is 14.5. The average Bonchev–Trinajstić information content (AvgIpc) is 3.14. The number of aryl methyl sites for hydroxylation is 1. The molecule has 1 aliphatic carbocycles. The number of carbonyl (C=O) groups is 1. The number of Topliss-reactive ketones (excluding diaryl/α,β-unsaturated/α-hetero) is 1. The molecule has 0 unspecified atom stereocenters. The lowest BCUT2D eigenvalue weighted by Crippen LogP contribution is -2.28. The first kappa shape index (κ1) is 12.3. The van der Waals surface area contributed by atoms with Crippen LogP contribution in [-0.2, 0) is 0 Å². The minimum atomic E-state index is 0.271. The summed E-state index contributed by atoms with van der Waals surface area (Å²) in [5, 5.41) is 0. The highest BCUT2D eigenvalue weighted by Crippen LogP contribution is 2.26. The van der Waals surface area contributed by atoms with Crippen molar-refractivity contribution < 1.29 is 4.79 Å². The Labute approximate surface area is 104 Å². The Kier molecular flexibility index (Phi) is 3.95. The van der Waals surface area contributed by atoms with Crippen molar-refractivity contribution in [3.05, 3.63) is 35.4 Å². The van der Waals surface area contributed by atoms with Gasteiger partial charge in [0.15, 0.2) is 5.78 Å². The summed E-state index contributed by atoms with van der Waals surface area (Å²) in [7, 11) is 0. The van der Waals surface area contributed by atoms with Crippen molar-refractivity contribution in [2.75, 3.05) is 13.1 Å². The van der Waals surface area contributed by atoms with Crippen LogP contribution in [0, 0.1) is 6.92 Å². The quantitative estimate of drug-likeness (QED) is 0.701. The lowest BCUT2D eigenvalue weighted by Gasteiger charge is -2.18. The van der Waals surface area contributed by atoms with Gasteiger partial charge in [-0.25, -0.2) is 0 Å². The smallest absolute Gasteiger partial charge is 0.164 e. The molecule has 1 aromatic carbocycles. The minimum Gasteiger partial charge on any atom is -0.300 e. The number of rotatable bonds is 6. The Morgan fingerprint density at radius 3 is 2.76 bits per heavy atom. The molecule has 0 bridgehead atoms. The molecule has 0 spiro atoms. The first-order valence-electron chi connectivity index (χ1n) is 6.54. The maximum atomic E-state index is 12.0. The second-order valence-corrected chi connectivity index (χ2v) is 4.90. The second kappa shape index (κ2) is 5.46. The van der Waals surface area contributed by atoms with E-state index in [0.29, 0.717) is 6.42 Å². The van der Waals surface area contributed by atoms with Crippen LogP contribution in [0.5, 0.6) is 0 Å². The Morgan fingerprint density at radius 2 is 2.18 bits per heavy atom. The lowest BCUT2D eigenvalue weighted by atomic mass is 10.1. The monoisotopic (exact) mass is 231 g/mol. The SMILES string of the molecule is CCN(CCC(=O)c1cccc(C)c1)C1CC1. The van der Waals surface area contributed by atoms with Gasteiger partial charge in [0.25, 0.3) is 0 Å². The zero-order valence-corrected chi connectivity index (χ0v) is 10.8. The summed E-state index contributed by atoms with van der Waals surface area (Å²) in [6.07, 6.45) is 3.27. The van der Waals surface area contributed by atoms with Crippen molar-refractivity contribution >= 4 is 5.78 Å². The highest BCUT2D eigenvalue weighted by molar-refractivity contribution is 5.96. The fraction of sp³-hybridized carbons (Fsp3) is 0.533. The van der Waals surface area contributed by atoms with E-state index in [4.69, 9.17) is 0 Å². The van der Waals surface area contributed by atoms with Gasteiger partial charge in [-0.3, -0.25) is 4.79 Å². The van der Waals surface area contributed by atoms with Gasteiger partial charge in [-0.1, -0.05) is 30.7 Å². The van der Waals surface area contributed by atoms with Gasteiger partial charge in [0.05, 0.1) is 0 Å². The van der Waals surface area contributed by atoms with Crippen molar-refractivity contribution in [1.29, 1.82) is 0 Å². The van der Waals surface area contributed by atoms with E-state index in [1.165, 1.54) is 12.8 Å². The molecule has 0 atom stereocenters. The molecule has 2 nitrogen and oxygen atoms in total. The van der Waals surface area contributed by atoms with Crippen LogP contribution >= 0.6 is 0 Å². The molecule has 92 valence electrons. The van der Waals surface area contributed by atoms with Crippen LogP contribution in [0.25, 0.3) is 0 Å². The van der Waals surface area contributed by atoms with E-state index in [-0.39, 0.29) is 5.78 Å². The Bertz CT molecular complexity index is 396. The third-order valence-electron chi connectivity index (χ3n) is 3.44. The standard InChI is InChI=1S/C15H21NO/c1-3-16(14-7-8-14)10-9-15(17)13-6-4-5-12(2)11-13/h4-6,11,14H,3,7-10H2,1-2H3. The van der Waals surface area contributed by atoms with E-state index >= 15 is 0 Å². The molecule has 2 rings (SSSR count). The minimum absolute atomic E-state index is 0.271. The summed E-state index contributed by atoms with van der Waals surface area (Å²) >= 11 is 0. The van der Waals surface area contributed by atoms with Crippen LogP contribution in [0.15, 0.2) is 24.3 Å². The molecule has 0 saturated heterocycles. The number of ketones is 1. The molecular weight excluding hydrogens is 210 g/mol. The topological polar surface area (TPSA) is 20.3 Å². The largest absolute Gasteiger partial charge is 0.300 e. The highest BCUT2D eigenvalue weighted by Gasteiger charge is 2.27. The molecule has 1 fully saturated rings. The summed E-state index contributed by atoms with van der Waals surface area (Å²) < 4.78 is 0. The normalized spacial score (nSPS) is 15.2. The molecule has 0 aliphatic heterocycles. The van der Waals surface area contributed by atoms with E-state index in [1.54, 1.807) is 0 Å². The maximum Gasteiger partial charge on any atom is 0.164 e. The molecular formula is C15H21NO. The van der Waals surface area contributed by atoms with Gasteiger partial charge < -0.3 is 4.90 Å². The fourth-order valence-corrected chi connectivity index (χ4v) is 2.25. The molecule has 17 heavy (non-hydrogen) atoms. The molecule has 0 radical (unpaired) electrons. The molecule has 0 heterocycles. The third kappa shape index (κ3) is 3.40. The fourth-order valence-electron chi connectivity index (χ4n) is 2.25. The van der Waals surface area contributed by atoms with E-state index < -0.39 is 0 Å². The Hall–Kier alpha value is -1.15. The van der Waals surface area contributed by atoms with Crippen LogP contribution in [0.2, 0.25) is 0 Å². The van der Waals surface area contributed by atoms with Crippen LogP contribution in [0.1, 0.15) is 42.1 Å². The van der Waals surface area contributed by atoms with Gasteiger partial charge in [0.1, 0.15) is 0 Å². The van der Waals surface area contributed by atoms with E-state index in [1.807, 2.05) is 31.2 Å². The predicted octanol–water partition coefficient (Wildman–Crippen LogP) is 3.05. The van der Waals surface area contributed by atoms with Crippen molar-refractivity contribution in [2.24, 2.45) is 0 Å². The second-order valence-electron chi connectivity index (χ2n) is 4.90. The first-order valence-corrected chi connectivity index (χ1v) is 6.54. The van der Waals surface area contributed by atoms with Crippen LogP contribution in [-0.4, -0.2) is 29.8 Å². The van der Waals surface area contributed by atoms with Crippen molar-refractivity contribution in [3.63, 3.8) is 0 Å². The van der Waals surface area contributed by atoms with Crippen LogP contribution in [0.3, 0.4) is 0 Å². The maximum absolute atomic E-state index is 12.0. The van der Waals surface area contributed by atoms with Crippen LogP contribution < -0.4 is 0 Å². The van der Waals surface area contributed by atoms with Gasteiger partial charge in [0.2, 0.25) is 0 Å². The summed E-state index contributed by atoms with van der Waals surface area (Å²) in [6.45, 7) is 6.18. The summed E-state index contributed by atoms with van der Waals surface area (Å²) in [6, 6.07) is 8.64. The van der Waals surface area contributed by atoms with Gasteiger partial charge in [-0.15, -0.1) is 0 Å². The zero-order chi connectivity index (χ0) is 12.3. The van der Waals surface area contributed by atoms with E-state index in [0.717, 1.165) is 30.3 Å². The molecule has 0 aromatic heterocycles. The van der Waals surface area contributed by atoms with Gasteiger partial charge in [-0.2, -0.15) is 0 Å². The first-order chi connectivity index (χ1) is 8.20. The summed E-state index contributed by atoms with van der Waals surface area (Å²) in [5.41, 5.74) is 2.02. The van der Waals surface area contributed by atoms with Gasteiger partial charge >= 0.3 is 0 Å². The number of hydrogen-bond donors (Lipinski definition) is 0. The van der Waals surface area contributed by atoms with Gasteiger partial charge in [-0.05, 0) is 32.4 Å².